The van der Waals surface area contributed by atoms with Gasteiger partial charge in [-0.1, -0.05) is 6.92 Å². The van der Waals surface area contributed by atoms with Gasteiger partial charge in [-0.3, -0.25) is 10.1 Å². The summed E-state index contributed by atoms with van der Waals surface area (Å²) in [6.07, 6.45) is -4.56. The van der Waals surface area contributed by atoms with Crippen molar-refractivity contribution in [2.45, 2.75) is 26.4 Å². The van der Waals surface area contributed by atoms with E-state index in [1.54, 1.807) is 0 Å². The fourth-order valence-corrected chi connectivity index (χ4v) is 4.61. The van der Waals surface area contributed by atoms with Gasteiger partial charge in [0, 0.05) is 55.9 Å². The quantitative estimate of drug-likeness (QED) is 0.255. The molecule has 8 nitrogen and oxygen atoms in total. The van der Waals surface area contributed by atoms with Crippen LogP contribution in [0.15, 0.2) is 30.3 Å². The van der Waals surface area contributed by atoms with Crippen molar-refractivity contribution < 1.29 is 18.1 Å². The summed E-state index contributed by atoms with van der Waals surface area (Å²) in [4.78, 5) is 23.6. The second-order valence-corrected chi connectivity index (χ2v) is 9.08. The monoisotopic (exact) mass is 522 g/mol. The Hall–Kier alpha value is -3.18. The number of nitro groups is 1. The molecule has 12 heteroatoms. The highest BCUT2D eigenvalue weighted by molar-refractivity contribution is 6.28. The second-order valence-electron chi connectivity index (χ2n) is 8.74. The third kappa shape index (κ3) is 5.79. The maximum absolute atomic E-state index is 13.2. The number of rotatable bonds is 7. The molecule has 0 radical (unpaired) electrons. The van der Waals surface area contributed by atoms with Crippen LogP contribution in [0.25, 0.3) is 10.9 Å². The largest absolute Gasteiger partial charge is 0.416 e. The summed E-state index contributed by atoms with van der Waals surface area (Å²) in [5.74, 6) is 0.458. The number of nitro benzene ring substituents is 1. The van der Waals surface area contributed by atoms with Crippen LogP contribution in [0, 0.1) is 17.0 Å². The van der Waals surface area contributed by atoms with Gasteiger partial charge in [-0.15, -0.1) is 0 Å². The number of likely N-dealkylation sites (N-methyl/N-ethyl adjacent to an activating group) is 1. The normalized spacial score (nSPS) is 14.9. The Morgan fingerprint density at radius 1 is 1.11 bits per heavy atom. The molecule has 0 spiro atoms. The van der Waals surface area contributed by atoms with Gasteiger partial charge in [0.05, 0.1) is 16.0 Å². The highest BCUT2D eigenvalue weighted by Crippen LogP contribution is 2.33. The molecule has 0 unspecified atom stereocenters. The Kier molecular flexibility index (Phi) is 7.51. The highest BCUT2D eigenvalue weighted by Gasteiger charge is 2.32. The molecule has 192 valence electrons. The fraction of sp³-hybridized carbons (Fsp3) is 0.417. The molecule has 3 aromatic rings. The molecule has 1 aromatic heterocycles. The SMILES string of the molecule is CCN1CCN(c2cc3c(NCCc4cc([N+](=O)[O-])cc(C(F)(F)F)c4)nc(Cl)nc3cc2C)CC1. The van der Waals surface area contributed by atoms with Crippen molar-refractivity contribution in [2.24, 2.45) is 0 Å². The zero-order valence-corrected chi connectivity index (χ0v) is 20.7. The van der Waals surface area contributed by atoms with Crippen LogP contribution in [0.5, 0.6) is 0 Å². The van der Waals surface area contributed by atoms with E-state index in [1.165, 1.54) is 0 Å². The molecule has 0 amide bonds. The van der Waals surface area contributed by atoms with E-state index in [-0.39, 0.29) is 23.8 Å². The maximum atomic E-state index is 13.2. The molecule has 4 rings (SSSR count). The van der Waals surface area contributed by atoms with E-state index < -0.39 is 22.4 Å². The van der Waals surface area contributed by atoms with Crippen molar-refractivity contribution in [2.75, 3.05) is 49.5 Å². The van der Waals surface area contributed by atoms with Crippen LogP contribution in [0.4, 0.5) is 30.4 Å². The Labute approximate surface area is 211 Å². The van der Waals surface area contributed by atoms with Crippen LogP contribution in [0.1, 0.15) is 23.6 Å². The molecule has 1 saturated heterocycles. The molecule has 1 aliphatic rings. The topological polar surface area (TPSA) is 87.4 Å². The Morgan fingerprint density at radius 2 is 1.83 bits per heavy atom. The van der Waals surface area contributed by atoms with Crippen LogP contribution < -0.4 is 10.2 Å². The predicted molar refractivity (Wildman–Crippen MR) is 134 cm³/mol. The van der Waals surface area contributed by atoms with Crippen LogP contribution in [-0.4, -0.2) is 59.1 Å². The zero-order chi connectivity index (χ0) is 26.0. The lowest BCUT2D eigenvalue weighted by atomic mass is 10.1. The summed E-state index contributed by atoms with van der Waals surface area (Å²) in [7, 11) is 0. The van der Waals surface area contributed by atoms with Gasteiger partial charge in [-0.05, 0) is 60.8 Å². The Balaban J connectivity index is 1.58. The number of nitrogens with one attached hydrogen (secondary N) is 1. The van der Waals surface area contributed by atoms with Crippen LogP contribution in [0.3, 0.4) is 0 Å². The van der Waals surface area contributed by atoms with E-state index in [0.29, 0.717) is 17.4 Å². The molecule has 2 aromatic carbocycles. The maximum Gasteiger partial charge on any atom is 0.416 e. The summed E-state index contributed by atoms with van der Waals surface area (Å²) in [6, 6.07) is 6.58. The third-order valence-electron chi connectivity index (χ3n) is 6.37. The molecule has 36 heavy (non-hydrogen) atoms. The van der Waals surface area contributed by atoms with Gasteiger partial charge >= 0.3 is 6.18 Å². The smallest absolute Gasteiger partial charge is 0.369 e. The van der Waals surface area contributed by atoms with E-state index in [2.05, 4.69) is 32.0 Å². The molecule has 1 fully saturated rings. The third-order valence-corrected chi connectivity index (χ3v) is 6.54. The number of benzene rings is 2. The lowest BCUT2D eigenvalue weighted by Gasteiger charge is -2.36. The Morgan fingerprint density at radius 3 is 2.47 bits per heavy atom. The first-order chi connectivity index (χ1) is 17.0. The van der Waals surface area contributed by atoms with Gasteiger partial charge < -0.3 is 15.1 Å². The van der Waals surface area contributed by atoms with E-state index in [9.17, 15) is 23.3 Å². The molecular formula is C24H26ClF3N6O2. The standard InChI is InChI=1S/C24H26ClF3N6O2/c1-3-32-6-8-33(9-7-32)21-14-19-20(10-15(21)2)30-23(25)31-22(19)29-5-4-16-11-17(24(26,27)28)13-18(12-16)34(35)36/h10-14H,3-9H2,1-2H3,(H,29,30,31). The number of piperazine rings is 1. The fourth-order valence-electron chi connectivity index (χ4n) is 4.43. The first kappa shape index (κ1) is 25.9. The number of hydrogen-bond acceptors (Lipinski definition) is 7. The number of nitrogens with zero attached hydrogens (tertiary/aromatic N) is 5. The lowest BCUT2D eigenvalue weighted by Crippen LogP contribution is -2.46. The van der Waals surface area contributed by atoms with Gasteiger partial charge in [-0.2, -0.15) is 13.2 Å². The van der Waals surface area contributed by atoms with Crippen molar-refractivity contribution >= 4 is 39.7 Å². The molecular weight excluding hydrogens is 497 g/mol. The number of alkyl halides is 3. The van der Waals surface area contributed by atoms with E-state index in [0.717, 1.165) is 61.5 Å². The van der Waals surface area contributed by atoms with E-state index in [4.69, 9.17) is 11.6 Å². The number of fused-ring (bicyclic) bond motifs is 1. The number of anilines is 2. The highest BCUT2D eigenvalue weighted by atomic mass is 35.5. The number of aryl methyl sites for hydroxylation is 1. The average molecular weight is 523 g/mol. The molecule has 2 heterocycles. The summed E-state index contributed by atoms with van der Waals surface area (Å²) in [5.41, 5.74) is 1.33. The minimum absolute atomic E-state index is 0.0448. The zero-order valence-electron chi connectivity index (χ0n) is 19.9. The molecule has 1 aliphatic heterocycles. The van der Waals surface area contributed by atoms with Gasteiger partial charge in [0.25, 0.3) is 5.69 Å². The summed E-state index contributed by atoms with van der Waals surface area (Å²) >= 11 is 6.14. The minimum atomic E-state index is -4.68. The van der Waals surface area contributed by atoms with E-state index >= 15 is 0 Å². The van der Waals surface area contributed by atoms with Crippen LogP contribution >= 0.6 is 11.6 Å². The van der Waals surface area contributed by atoms with Gasteiger partial charge in [-0.25, -0.2) is 9.97 Å². The minimum Gasteiger partial charge on any atom is -0.369 e. The van der Waals surface area contributed by atoms with Crippen molar-refractivity contribution in [3.63, 3.8) is 0 Å². The molecule has 0 bridgehead atoms. The summed E-state index contributed by atoms with van der Waals surface area (Å²) in [5, 5.41) is 15.0. The van der Waals surface area contributed by atoms with Gasteiger partial charge in [0.1, 0.15) is 5.82 Å². The van der Waals surface area contributed by atoms with Crippen molar-refractivity contribution in [3.05, 3.63) is 62.4 Å². The van der Waals surface area contributed by atoms with Crippen molar-refractivity contribution in [3.8, 4) is 0 Å². The average Bonchev–Trinajstić information content (AvgIpc) is 2.83. The van der Waals surface area contributed by atoms with Crippen LogP contribution in [-0.2, 0) is 12.6 Å². The van der Waals surface area contributed by atoms with Crippen molar-refractivity contribution in [1.82, 2.24) is 14.9 Å². The Bertz CT molecular complexity index is 1280. The number of aromatic nitrogens is 2. The summed E-state index contributed by atoms with van der Waals surface area (Å²) < 4.78 is 39.6. The van der Waals surface area contributed by atoms with Gasteiger partial charge in [0.2, 0.25) is 5.28 Å². The summed E-state index contributed by atoms with van der Waals surface area (Å²) in [6.45, 7) is 9.10. The van der Waals surface area contributed by atoms with Crippen LogP contribution in [0.2, 0.25) is 5.28 Å². The first-order valence-corrected chi connectivity index (χ1v) is 12.0. The van der Waals surface area contributed by atoms with Crippen molar-refractivity contribution in [1.29, 1.82) is 0 Å². The lowest BCUT2D eigenvalue weighted by molar-refractivity contribution is -0.385. The van der Waals surface area contributed by atoms with Gasteiger partial charge in [0.15, 0.2) is 0 Å². The number of non-ortho nitro benzene ring substituents is 1. The molecule has 1 N–H and O–H groups in total. The molecule has 0 aliphatic carbocycles. The molecule has 0 saturated carbocycles. The van der Waals surface area contributed by atoms with E-state index in [1.807, 2.05) is 19.1 Å². The number of halogens is 4. The second kappa shape index (κ2) is 10.4. The predicted octanol–water partition coefficient (Wildman–Crippen LogP) is 5.32. The number of hydrogen-bond donors (Lipinski definition) is 1. The first-order valence-electron chi connectivity index (χ1n) is 11.6. The molecule has 0 atom stereocenters.